The third-order valence-electron chi connectivity index (χ3n) is 3.25. The average molecular weight is 294 g/mol. The summed E-state index contributed by atoms with van der Waals surface area (Å²) in [5, 5.41) is 7.31. The Morgan fingerprint density at radius 3 is 2.95 bits per heavy atom. The molecule has 108 valence electrons. The van der Waals surface area contributed by atoms with Gasteiger partial charge in [0.25, 0.3) is 0 Å². The lowest BCUT2D eigenvalue weighted by Gasteiger charge is -2.14. The van der Waals surface area contributed by atoms with Crippen molar-refractivity contribution < 1.29 is 14.4 Å². The zero-order chi connectivity index (χ0) is 14.4. The Hall–Kier alpha value is -1.69. The van der Waals surface area contributed by atoms with Gasteiger partial charge in [-0.05, 0) is 30.7 Å². The number of thiophene rings is 1. The number of amides is 2. The van der Waals surface area contributed by atoms with Crippen LogP contribution in [0.1, 0.15) is 41.8 Å². The Bertz CT molecular complexity index is 485. The maximum absolute atomic E-state index is 11.8. The van der Waals surface area contributed by atoms with Crippen LogP contribution in [0.2, 0.25) is 0 Å². The lowest BCUT2D eigenvalue weighted by atomic mass is 10.1. The molecule has 2 rings (SSSR count). The Labute approximate surface area is 121 Å². The minimum Gasteiger partial charge on any atom is -0.354 e. The summed E-state index contributed by atoms with van der Waals surface area (Å²) >= 11 is 1.38. The van der Waals surface area contributed by atoms with Crippen LogP contribution in [0.5, 0.6) is 0 Å². The van der Waals surface area contributed by atoms with Crippen LogP contribution in [0.25, 0.3) is 0 Å². The summed E-state index contributed by atoms with van der Waals surface area (Å²) in [6.45, 7) is 0.669. The predicted octanol–water partition coefficient (Wildman–Crippen LogP) is 1.50. The molecule has 0 aromatic carbocycles. The van der Waals surface area contributed by atoms with Gasteiger partial charge in [-0.1, -0.05) is 6.07 Å². The number of hydrogen-bond donors (Lipinski definition) is 2. The van der Waals surface area contributed by atoms with Crippen LogP contribution < -0.4 is 10.6 Å². The Morgan fingerprint density at radius 1 is 1.35 bits per heavy atom. The molecule has 0 unspecified atom stereocenters. The highest BCUT2D eigenvalue weighted by Gasteiger charge is 2.22. The van der Waals surface area contributed by atoms with E-state index in [1.54, 1.807) is 6.07 Å². The van der Waals surface area contributed by atoms with Crippen LogP contribution in [-0.4, -0.2) is 30.2 Å². The molecule has 1 aliphatic rings. The fraction of sp³-hybridized carbons (Fsp3) is 0.500. The summed E-state index contributed by atoms with van der Waals surface area (Å²) in [5.41, 5.74) is 0. The van der Waals surface area contributed by atoms with Crippen LogP contribution in [0.15, 0.2) is 17.5 Å². The fourth-order valence-corrected chi connectivity index (χ4v) is 2.83. The van der Waals surface area contributed by atoms with E-state index in [4.69, 9.17) is 0 Å². The van der Waals surface area contributed by atoms with E-state index in [0.29, 0.717) is 17.8 Å². The molecule has 1 aliphatic heterocycles. The lowest BCUT2D eigenvalue weighted by molar-refractivity contribution is -0.128. The molecule has 0 saturated carbocycles. The van der Waals surface area contributed by atoms with Gasteiger partial charge in [0.05, 0.1) is 4.88 Å². The molecule has 1 aromatic rings. The average Bonchev–Trinajstić information content (AvgIpc) is 2.90. The van der Waals surface area contributed by atoms with Crippen molar-refractivity contribution >= 4 is 28.9 Å². The fourth-order valence-electron chi connectivity index (χ4n) is 2.13. The molecule has 6 heteroatoms. The molecule has 2 N–H and O–H groups in total. The van der Waals surface area contributed by atoms with Crippen molar-refractivity contribution in [3.8, 4) is 0 Å². The molecule has 1 saturated heterocycles. The Morgan fingerprint density at radius 2 is 2.20 bits per heavy atom. The summed E-state index contributed by atoms with van der Waals surface area (Å²) < 4.78 is 0. The molecule has 0 spiro atoms. The van der Waals surface area contributed by atoms with Gasteiger partial charge in [-0.2, -0.15) is 0 Å². The van der Waals surface area contributed by atoms with Crippen molar-refractivity contribution in [3.63, 3.8) is 0 Å². The van der Waals surface area contributed by atoms with Gasteiger partial charge in [0.15, 0.2) is 5.78 Å². The van der Waals surface area contributed by atoms with E-state index in [1.165, 1.54) is 11.3 Å². The monoisotopic (exact) mass is 294 g/mol. The molecule has 1 aromatic heterocycles. The van der Waals surface area contributed by atoms with E-state index in [9.17, 15) is 14.4 Å². The van der Waals surface area contributed by atoms with Crippen LogP contribution in [0.3, 0.4) is 0 Å². The number of carbonyl (C=O) groups excluding carboxylic acids is 3. The lowest BCUT2D eigenvalue weighted by Crippen LogP contribution is -2.45. The van der Waals surface area contributed by atoms with Gasteiger partial charge in [-0.15, -0.1) is 11.3 Å². The van der Waals surface area contributed by atoms with Crippen molar-refractivity contribution in [3.05, 3.63) is 22.4 Å². The molecule has 1 fully saturated rings. The highest BCUT2D eigenvalue weighted by Crippen LogP contribution is 2.12. The van der Waals surface area contributed by atoms with E-state index in [1.807, 2.05) is 11.4 Å². The SMILES string of the molecule is O=C(CCC(=O)c1cccs1)N[C@H]1CCCCNC1=O. The van der Waals surface area contributed by atoms with Crippen molar-refractivity contribution in [1.29, 1.82) is 0 Å². The maximum atomic E-state index is 11.8. The minimum absolute atomic E-state index is 0.0273. The first-order valence-corrected chi connectivity index (χ1v) is 7.68. The van der Waals surface area contributed by atoms with Gasteiger partial charge in [0, 0.05) is 19.4 Å². The number of nitrogens with one attached hydrogen (secondary N) is 2. The van der Waals surface area contributed by atoms with E-state index in [0.717, 1.165) is 12.8 Å². The molecule has 0 bridgehead atoms. The molecular weight excluding hydrogens is 276 g/mol. The summed E-state index contributed by atoms with van der Waals surface area (Å²) in [5.74, 6) is -0.391. The Balaban J connectivity index is 1.77. The second kappa shape index (κ2) is 7.19. The maximum Gasteiger partial charge on any atom is 0.242 e. The van der Waals surface area contributed by atoms with Gasteiger partial charge < -0.3 is 10.6 Å². The van der Waals surface area contributed by atoms with E-state index >= 15 is 0 Å². The largest absolute Gasteiger partial charge is 0.354 e. The molecule has 0 aliphatic carbocycles. The van der Waals surface area contributed by atoms with Crippen molar-refractivity contribution in [1.82, 2.24) is 10.6 Å². The standard InChI is InChI=1S/C14H18N2O3S/c17-11(12-5-3-9-20-12)6-7-13(18)16-10-4-1-2-8-15-14(10)19/h3,5,9-10H,1-2,4,6-8H2,(H,15,19)(H,16,18)/t10-/m0/s1. The van der Waals surface area contributed by atoms with Gasteiger partial charge in [-0.25, -0.2) is 0 Å². The van der Waals surface area contributed by atoms with Crippen LogP contribution in [-0.2, 0) is 9.59 Å². The van der Waals surface area contributed by atoms with Gasteiger partial charge >= 0.3 is 0 Å². The summed E-state index contributed by atoms with van der Waals surface area (Å²) in [7, 11) is 0. The topological polar surface area (TPSA) is 75.3 Å². The van der Waals surface area contributed by atoms with Gasteiger partial charge in [-0.3, -0.25) is 14.4 Å². The van der Waals surface area contributed by atoms with E-state index in [-0.39, 0.29) is 30.4 Å². The molecule has 20 heavy (non-hydrogen) atoms. The highest BCUT2D eigenvalue weighted by molar-refractivity contribution is 7.12. The zero-order valence-corrected chi connectivity index (χ0v) is 12.0. The van der Waals surface area contributed by atoms with Crippen LogP contribution >= 0.6 is 11.3 Å². The number of Topliss-reactive ketones (excluding diaryl/α,β-unsaturated/α-hetero) is 1. The predicted molar refractivity (Wildman–Crippen MR) is 76.7 cm³/mol. The third kappa shape index (κ3) is 4.16. The minimum atomic E-state index is -0.457. The van der Waals surface area contributed by atoms with Crippen molar-refractivity contribution in [2.75, 3.05) is 6.54 Å². The smallest absolute Gasteiger partial charge is 0.242 e. The number of hydrogen-bond acceptors (Lipinski definition) is 4. The molecule has 1 atom stereocenters. The number of rotatable bonds is 5. The highest BCUT2D eigenvalue weighted by atomic mass is 32.1. The summed E-state index contributed by atoms with van der Waals surface area (Å²) in [4.78, 5) is 35.9. The van der Waals surface area contributed by atoms with Crippen LogP contribution in [0.4, 0.5) is 0 Å². The van der Waals surface area contributed by atoms with Crippen LogP contribution in [0, 0.1) is 0 Å². The Kier molecular flexibility index (Phi) is 5.29. The quantitative estimate of drug-likeness (QED) is 0.808. The third-order valence-corrected chi connectivity index (χ3v) is 4.16. The normalized spacial score (nSPS) is 19.0. The zero-order valence-electron chi connectivity index (χ0n) is 11.2. The molecule has 5 nitrogen and oxygen atoms in total. The molecular formula is C14H18N2O3S. The van der Waals surface area contributed by atoms with Gasteiger partial charge in [0.2, 0.25) is 11.8 Å². The number of carbonyl (C=O) groups is 3. The second-order valence-electron chi connectivity index (χ2n) is 4.81. The van der Waals surface area contributed by atoms with E-state index in [2.05, 4.69) is 10.6 Å². The van der Waals surface area contributed by atoms with E-state index < -0.39 is 6.04 Å². The second-order valence-corrected chi connectivity index (χ2v) is 5.76. The molecule has 2 heterocycles. The summed E-state index contributed by atoms with van der Waals surface area (Å²) in [6, 6.07) is 3.11. The number of ketones is 1. The van der Waals surface area contributed by atoms with Crippen molar-refractivity contribution in [2.24, 2.45) is 0 Å². The van der Waals surface area contributed by atoms with Crippen molar-refractivity contribution in [2.45, 2.75) is 38.1 Å². The first-order valence-electron chi connectivity index (χ1n) is 6.80. The first kappa shape index (κ1) is 14.7. The first-order chi connectivity index (χ1) is 9.66. The summed E-state index contributed by atoms with van der Waals surface area (Å²) in [6.07, 6.45) is 2.82. The molecule has 0 radical (unpaired) electrons. The molecule has 2 amide bonds. The van der Waals surface area contributed by atoms with Gasteiger partial charge in [0.1, 0.15) is 6.04 Å².